The van der Waals surface area contributed by atoms with E-state index in [1.165, 1.54) is 0 Å². The van der Waals surface area contributed by atoms with Gasteiger partial charge in [0.15, 0.2) is 0 Å². The molecule has 0 aliphatic heterocycles. The average molecular weight is 380 g/mol. The van der Waals surface area contributed by atoms with E-state index in [0.29, 0.717) is 16.5 Å². The summed E-state index contributed by atoms with van der Waals surface area (Å²) in [4.78, 5) is 24.0. The highest BCUT2D eigenvalue weighted by Gasteiger charge is 2.30. The maximum atomic E-state index is 11.5. The van der Waals surface area contributed by atoms with Crippen molar-refractivity contribution < 1.29 is 24.2 Å². The smallest absolute Gasteiger partial charge is 0.408 e. The molecular weight excluding hydrogens is 358 g/mol. The summed E-state index contributed by atoms with van der Waals surface area (Å²) in [5, 5.41) is 19.4. The molecule has 1 unspecified atom stereocenters. The van der Waals surface area contributed by atoms with Crippen LogP contribution in [0.3, 0.4) is 0 Å². The first-order valence-corrected chi connectivity index (χ1v) is 8.72. The van der Waals surface area contributed by atoms with Gasteiger partial charge < -0.3 is 14.6 Å². The number of carboxylic acid groups (broad SMARTS) is 2. The summed E-state index contributed by atoms with van der Waals surface area (Å²) in [6.07, 6.45) is -0.706. The minimum atomic E-state index is -1.25. The van der Waals surface area contributed by atoms with Gasteiger partial charge in [-0.15, -0.1) is 0 Å². The second-order valence-corrected chi connectivity index (χ2v) is 6.92. The van der Waals surface area contributed by atoms with Gasteiger partial charge in [0.25, 0.3) is 0 Å². The number of aliphatic carboxylic acids is 1. The fourth-order valence-corrected chi connectivity index (χ4v) is 2.92. The molecule has 0 spiro atoms. The van der Waals surface area contributed by atoms with E-state index in [1.807, 2.05) is 26.0 Å². The van der Waals surface area contributed by atoms with Gasteiger partial charge in [-0.1, -0.05) is 37.6 Å². The van der Waals surface area contributed by atoms with E-state index in [9.17, 15) is 19.8 Å². The molecule has 2 N–H and O–H groups in total. The normalized spacial score (nSPS) is 12.2. The molecular formula is C19H22ClNO5. The lowest BCUT2D eigenvalue weighted by molar-refractivity contribution is -0.143. The number of benzene rings is 1. The second-order valence-electron chi connectivity index (χ2n) is 6.49. The lowest BCUT2D eigenvalue weighted by Crippen LogP contribution is -2.46. The minimum absolute atomic E-state index is 0.0432. The molecule has 26 heavy (non-hydrogen) atoms. The lowest BCUT2D eigenvalue weighted by atomic mass is 10.0. The topological polar surface area (TPSA) is 91.0 Å². The molecule has 7 heteroatoms. The molecule has 0 saturated carbocycles. The first-order chi connectivity index (χ1) is 12.3. The van der Waals surface area contributed by atoms with Gasteiger partial charge in [-0.3, -0.25) is 4.90 Å². The zero-order valence-corrected chi connectivity index (χ0v) is 15.4. The van der Waals surface area contributed by atoms with Crippen molar-refractivity contribution in [1.82, 2.24) is 4.90 Å². The Hall–Kier alpha value is -2.47. The molecule has 0 bridgehead atoms. The fourth-order valence-electron chi connectivity index (χ4n) is 2.73. The number of nitrogens with zero attached hydrogens (tertiary/aromatic N) is 1. The Labute approximate surface area is 157 Å². The Morgan fingerprint density at radius 2 is 1.92 bits per heavy atom. The Balaban J connectivity index is 2.10. The van der Waals surface area contributed by atoms with Gasteiger partial charge in [0.2, 0.25) is 0 Å². The molecule has 0 saturated heterocycles. The van der Waals surface area contributed by atoms with Crippen LogP contribution in [-0.2, 0) is 11.2 Å². The van der Waals surface area contributed by atoms with Gasteiger partial charge in [-0.25, -0.2) is 9.59 Å². The molecule has 1 amide bonds. The summed E-state index contributed by atoms with van der Waals surface area (Å²) >= 11 is 5.98. The van der Waals surface area contributed by atoms with E-state index in [-0.39, 0.29) is 25.3 Å². The predicted octanol–water partition coefficient (Wildman–Crippen LogP) is 4.62. The second kappa shape index (κ2) is 8.76. The Morgan fingerprint density at radius 1 is 1.19 bits per heavy atom. The van der Waals surface area contributed by atoms with Crippen LogP contribution in [0.15, 0.2) is 40.8 Å². The summed E-state index contributed by atoms with van der Waals surface area (Å²) in [5.74, 6) is 0.136. The number of carboxylic acids is 1. The van der Waals surface area contributed by atoms with Crippen LogP contribution in [0.5, 0.6) is 0 Å². The number of hydrogen-bond donors (Lipinski definition) is 2. The third-order valence-corrected chi connectivity index (χ3v) is 4.21. The number of carbonyl (C=O) groups is 2. The minimum Gasteiger partial charge on any atom is -0.480 e. The van der Waals surface area contributed by atoms with Gasteiger partial charge in [0.1, 0.15) is 17.6 Å². The molecule has 1 aromatic heterocycles. The van der Waals surface area contributed by atoms with Crippen LogP contribution < -0.4 is 0 Å². The molecule has 1 aromatic carbocycles. The fraction of sp³-hybridized carbons (Fsp3) is 0.368. The summed E-state index contributed by atoms with van der Waals surface area (Å²) in [7, 11) is 0. The van der Waals surface area contributed by atoms with Crippen LogP contribution in [0.2, 0.25) is 5.02 Å². The van der Waals surface area contributed by atoms with Crippen molar-refractivity contribution in [2.45, 2.75) is 32.7 Å². The predicted molar refractivity (Wildman–Crippen MR) is 98.5 cm³/mol. The summed E-state index contributed by atoms with van der Waals surface area (Å²) in [6, 6.07) is 9.69. The van der Waals surface area contributed by atoms with E-state index in [2.05, 4.69) is 0 Å². The summed E-state index contributed by atoms with van der Waals surface area (Å²) in [5.41, 5.74) is 0.821. The quantitative estimate of drug-likeness (QED) is 0.698. The maximum absolute atomic E-state index is 11.5. The molecule has 2 aromatic rings. The van der Waals surface area contributed by atoms with Crippen LogP contribution in [0.4, 0.5) is 4.79 Å². The van der Waals surface area contributed by atoms with Crippen molar-refractivity contribution in [2.75, 3.05) is 6.54 Å². The number of amides is 1. The number of hydrogen-bond acceptors (Lipinski definition) is 3. The van der Waals surface area contributed by atoms with Crippen LogP contribution >= 0.6 is 11.6 Å². The summed E-state index contributed by atoms with van der Waals surface area (Å²) in [6.45, 7) is 3.76. The van der Waals surface area contributed by atoms with Crippen LogP contribution in [0, 0.1) is 5.92 Å². The van der Waals surface area contributed by atoms with E-state index < -0.39 is 18.1 Å². The Bertz CT molecular complexity index is 771. The van der Waals surface area contributed by atoms with E-state index >= 15 is 0 Å². The Kier molecular flexibility index (Phi) is 6.69. The van der Waals surface area contributed by atoms with Crippen molar-refractivity contribution in [3.05, 3.63) is 47.2 Å². The third kappa shape index (κ3) is 5.26. The SMILES string of the molecule is CC(C)CC(C(=O)O)N(CCc1ccc(-c2cccc(Cl)c2)o1)C(=O)O. The molecule has 0 aliphatic rings. The van der Waals surface area contributed by atoms with Crippen molar-refractivity contribution >= 4 is 23.7 Å². The van der Waals surface area contributed by atoms with Crippen LogP contribution in [-0.4, -0.2) is 39.8 Å². The maximum Gasteiger partial charge on any atom is 0.408 e. The van der Waals surface area contributed by atoms with Crippen LogP contribution in [0.1, 0.15) is 26.0 Å². The van der Waals surface area contributed by atoms with E-state index in [0.717, 1.165) is 10.5 Å². The highest BCUT2D eigenvalue weighted by atomic mass is 35.5. The highest BCUT2D eigenvalue weighted by Crippen LogP contribution is 2.25. The molecule has 1 atom stereocenters. The monoisotopic (exact) mass is 379 g/mol. The number of furan rings is 1. The summed E-state index contributed by atoms with van der Waals surface area (Å²) < 4.78 is 5.75. The van der Waals surface area contributed by atoms with Crippen molar-refractivity contribution in [1.29, 1.82) is 0 Å². The van der Waals surface area contributed by atoms with Gasteiger partial charge in [0, 0.05) is 23.6 Å². The van der Waals surface area contributed by atoms with E-state index in [1.54, 1.807) is 24.3 Å². The van der Waals surface area contributed by atoms with Crippen molar-refractivity contribution in [3.63, 3.8) is 0 Å². The average Bonchev–Trinajstić information content (AvgIpc) is 3.02. The zero-order valence-electron chi connectivity index (χ0n) is 14.7. The van der Waals surface area contributed by atoms with Gasteiger partial charge >= 0.3 is 12.1 Å². The van der Waals surface area contributed by atoms with Gasteiger partial charge in [-0.05, 0) is 36.6 Å². The highest BCUT2D eigenvalue weighted by molar-refractivity contribution is 6.30. The zero-order chi connectivity index (χ0) is 19.3. The molecule has 140 valence electrons. The molecule has 0 fully saturated rings. The van der Waals surface area contributed by atoms with E-state index in [4.69, 9.17) is 16.0 Å². The molecule has 1 heterocycles. The Morgan fingerprint density at radius 3 is 2.50 bits per heavy atom. The number of rotatable bonds is 8. The van der Waals surface area contributed by atoms with Gasteiger partial charge in [-0.2, -0.15) is 0 Å². The molecule has 0 aliphatic carbocycles. The largest absolute Gasteiger partial charge is 0.480 e. The first-order valence-electron chi connectivity index (χ1n) is 8.35. The lowest BCUT2D eigenvalue weighted by Gasteiger charge is -2.27. The van der Waals surface area contributed by atoms with Crippen molar-refractivity contribution in [3.8, 4) is 11.3 Å². The number of halogens is 1. The van der Waals surface area contributed by atoms with Gasteiger partial charge in [0.05, 0.1) is 0 Å². The third-order valence-electron chi connectivity index (χ3n) is 3.97. The van der Waals surface area contributed by atoms with Crippen LogP contribution in [0.25, 0.3) is 11.3 Å². The first kappa shape index (κ1) is 19.8. The van der Waals surface area contributed by atoms with Crippen molar-refractivity contribution in [2.24, 2.45) is 5.92 Å². The molecule has 2 rings (SSSR count). The standard InChI is InChI=1S/C19H22ClNO5/c1-12(2)10-16(18(22)23)21(19(24)25)9-8-15-6-7-17(26-15)13-4-3-5-14(20)11-13/h3-7,11-12,16H,8-10H2,1-2H3,(H,22,23)(H,24,25). The molecule has 6 nitrogen and oxygen atoms in total. The molecule has 0 radical (unpaired) electrons.